The molecule has 0 radical (unpaired) electrons. The Labute approximate surface area is 132 Å². The second-order valence-electron chi connectivity index (χ2n) is 6.86. The van der Waals surface area contributed by atoms with Crippen LogP contribution in [0.4, 0.5) is 0 Å². The summed E-state index contributed by atoms with van der Waals surface area (Å²) in [6, 6.07) is 11.2. The van der Waals surface area contributed by atoms with Crippen molar-refractivity contribution in [2.75, 3.05) is 6.54 Å². The Kier molecular flexibility index (Phi) is 3.89. The summed E-state index contributed by atoms with van der Waals surface area (Å²) in [4.78, 5) is 0. The minimum Gasteiger partial charge on any atom is -0.387 e. The van der Waals surface area contributed by atoms with Gasteiger partial charge in [0.25, 0.3) is 0 Å². The van der Waals surface area contributed by atoms with Crippen LogP contribution in [0.15, 0.2) is 30.3 Å². The van der Waals surface area contributed by atoms with Gasteiger partial charge >= 0.3 is 0 Å². The first kappa shape index (κ1) is 14.2. The van der Waals surface area contributed by atoms with E-state index in [1.165, 1.54) is 54.0 Å². The zero-order chi connectivity index (χ0) is 14.9. The molecule has 2 atom stereocenters. The Hall–Kier alpha value is -1.38. The monoisotopic (exact) mass is 295 g/mol. The molecule has 0 amide bonds. The number of benzene rings is 2. The molecule has 1 fully saturated rings. The molecule has 116 valence electrons. The zero-order valence-electron chi connectivity index (χ0n) is 13.1. The summed E-state index contributed by atoms with van der Waals surface area (Å²) in [7, 11) is 0. The van der Waals surface area contributed by atoms with Gasteiger partial charge in [0, 0.05) is 6.04 Å². The quantitative estimate of drug-likeness (QED) is 0.881. The summed E-state index contributed by atoms with van der Waals surface area (Å²) < 4.78 is 0. The van der Waals surface area contributed by atoms with Gasteiger partial charge in [-0.3, -0.25) is 0 Å². The largest absolute Gasteiger partial charge is 0.387 e. The van der Waals surface area contributed by atoms with Gasteiger partial charge in [0.1, 0.15) is 0 Å². The van der Waals surface area contributed by atoms with Crippen LogP contribution in [-0.4, -0.2) is 17.7 Å². The maximum Gasteiger partial charge on any atom is 0.0949 e. The first-order valence-corrected chi connectivity index (χ1v) is 8.79. The van der Waals surface area contributed by atoms with Gasteiger partial charge in [-0.1, -0.05) is 36.8 Å². The Balaban J connectivity index is 1.82. The highest BCUT2D eigenvalue weighted by Gasteiger charge is 2.26. The lowest BCUT2D eigenvalue weighted by atomic mass is 9.83. The number of aliphatic hydroxyl groups is 1. The molecule has 4 rings (SSSR count). The highest BCUT2D eigenvalue weighted by molar-refractivity contribution is 5.90. The number of piperidine rings is 1. The molecule has 2 N–H and O–H groups in total. The third kappa shape index (κ3) is 2.45. The molecule has 2 nitrogen and oxygen atoms in total. The van der Waals surface area contributed by atoms with E-state index in [-0.39, 0.29) is 6.04 Å². The first-order valence-electron chi connectivity index (χ1n) is 8.79. The minimum absolute atomic E-state index is 0.207. The molecule has 1 saturated heterocycles. The van der Waals surface area contributed by atoms with Gasteiger partial charge in [0.2, 0.25) is 0 Å². The predicted molar refractivity (Wildman–Crippen MR) is 91.2 cm³/mol. The minimum atomic E-state index is -0.391. The van der Waals surface area contributed by atoms with Crippen LogP contribution < -0.4 is 5.32 Å². The third-order valence-electron chi connectivity index (χ3n) is 5.45. The Bertz CT molecular complexity index is 673. The molecule has 1 aliphatic heterocycles. The zero-order valence-corrected chi connectivity index (χ0v) is 13.1. The molecule has 0 saturated carbocycles. The number of hydrogen-bond donors (Lipinski definition) is 2. The van der Waals surface area contributed by atoms with Crippen molar-refractivity contribution in [2.45, 2.75) is 57.1 Å². The van der Waals surface area contributed by atoms with Crippen molar-refractivity contribution in [1.82, 2.24) is 5.32 Å². The molecule has 0 bridgehead atoms. The van der Waals surface area contributed by atoms with Crippen molar-refractivity contribution in [2.24, 2.45) is 0 Å². The summed E-state index contributed by atoms with van der Waals surface area (Å²) in [5, 5.41) is 17.1. The van der Waals surface area contributed by atoms with Crippen LogP contribution >= 0.6 is 0 Å². The SMILES string of the molecule is O[C@H](c1cc2c(c3ccccc13)CCCC2)[C@H]1CCCCN1. The maximum absolute atomic E-state index is 11.0. The van der Waals surface area contributed by atoms with E-state index >= 15 is 0 Å². The second kappa shape index (κ2) is 6.02. The van der Waals surface area contributed by atoms with E-state index in [1.807, 2.05) is 0 Å². The van der Waals surface area contributed by atoms with Gasteiger partial charge in [-0.2, -0.15) is 0 Å². The molecular formula is C20H25NO. The number of hydrogen-bond acceptors (Lipinski definition) is 2. The van der Waals surface area contributed by atoms with E-state index in [4.69, 9.17) is 0 Å². The molecular weight excluding hydrogens is 270 g/mol. The Morgan fingerprint density at radius 1 is 1.00 bits per heavy atom. The van der Waals surface area contributed by atoms with E-state index in [1.54, 1.807) is 0 Å². The van der Waals surface area contributed by atoms with Crippen molar-refractivity contribution in [3.05, 3.63) is 47.0 Å². The van der Waals surface area contributed by atoms with Gasteiger partial charge < -0.3 is 10.4 Å². The average molecular weight is 295 g/mol. The lowest BCUT2D eigenvalue weighted by molar-refractivity contribution is 0.115. The van der Waals surface area contributed by atoms with Gasteiger partial charge in [-0.25, -0.2) is 0 Å². The van der Waals surface area contributed by atoms with Crippen LogP contribution in [-0.2, 0) is 12.8 Å². The molecule has 0 unspecified atom stereocenters. The van der Waals surface area contributed by atoms with E-state index in [9.17, 15) is 5.11 Å². The van der Waals surface area contributed by atoms with E-state index in [2.05, 4.69) is 35.6 Å². The fourth-order valence-electron chi connectivity index (χ4n) is 4.27. The summed E-state index contributed by atoms with van der Waals surface area (Å²) in [6.45, 7) is 1.03. The number of aliphatic hydroxyl groups excluding tert-OH is 1. The molecule has 22 heavy (non-hydrogen) atoms. The average Bonchev–Trinajstić information content (AvgIpc) is 2.61. The number of aryl methyl sites for hydroxylation is 2. The first-order chi connectivity index (χ1) is 10.8. The maximum atomic E-state index is 11.0. The number of rotatable bonds is 2. The smallest absolute Gasteiger partial charge is 0.0949 e. The van der Waals surface area contributed by atoms with E-state index in [0.29, 0.717) is 0 Å². The molecule has 2 heteroatoms. The summed E-state index contributed by atoms with van der Waals surface area (Å²) in [5.41, 5.74) is 4.12. The normalized spacial score (nSPS) is 23.2. The molecule has 1 heterocycles. The summed E-state index contributed by atoms with van der Waals surface area (Å²) in [5.74, 6) is 0. The lowest BCUT2D eigenvalue weighted by Gasteiger charge is -2.30. The molecule has 0 spiro atoms. The third-order valence-corrected chi connectivity index (χ3v) is 5.45. The van der Waals surface area contributed by atoms with Crippen molar-refractivity contribution < 1.29 is 5.11 Å². The van der Waals surface area contributed by atoms with Crippen molar-refractivity contribution in [1.29, 1.82) is 0 Å². The van der Waals surface area contributed by atoms with Crippen molar-refractivity contribution in [3.63, 3.8) is 0 Å². The molecule has 2 aliphatic rings. The standard InChI is InChI=1S/C20H25NO/c22-20(19-11-5-6-12-21-19)18-13-14-7-1-2-8-15(14)16-9-3-4-10-17(16)18/h3-4,9-10,13,19-22H,1-2,5-8,11-12H2/t19-,20-/m1/s1. The highest BCUT2D eigenvalue weighted by atomic mass is 16.3. The fraction of sp³-hybridized carbons (Fsp3) is 0.500. The van der Waals surface area contributed by atoms with E-state index < -0.39 is 6.10 Å². The number of fused-ring (bicyclic) bond motifs is 3. The van der Waals surface area contributed by atoms with Crippen LogP contribution in [0.1, 0.15) is 54.9 Å². The Morgan fingerprint density at radius 2 is 1.82 bits per heavy atom. The number of nitrogens with one attached hydrogen (secondary N) is 1. The molecule has 2 aromatic rings. The highest BCUT2D eigenvalue weighted by Crippen LogP contribution is 2.36. The van der Waals surface area contributed by atoms with Gasteiger partial charge in [0.15, 0.2) is 0 Å². The van der Waals surface area contributed by atoms with Crippen molar-refractivity contribution >= 4 is 10.8 Å². The van der Waals surface area contributed by atoms with Crippen molar-refractivity contribution in [3.8, 4) is 0 Å². The van der Waals surface area contributed by atoms with Gasteiger partial charge in [-0.15, -0.1) is 0 Å². The molecule has 2 aromatic carbocycles. The van der Waals surface area contributed by atoms with Crippen LogP contribution in [0.25, 0.3) is 10.8 Å². The van der Waals surface area contributed by atoms with Crippen LogP contribution in [0.2, 0.25) is 0 Å². The Morgan fingerprint density at radius 3 is 2.64 bits per heavy atom. The summed E-state index contributed by atoms with van der Waals surface area (Å²) in [6.07, 6.45) is 8.06. The van der Waals surface area contributed by atoms with Gasteiger partial charge in [0.05, 0.1) is 6.10 Å². The van der Waals surface area contributed by atoms with Gasteiger partial charge in [-0.05, 0) is 72.5 Å². The second-order valence-corrected chi connectivity index (χ2v) is 6.86. The lowest BCUT2D eigenvalue weighted by Crippen LogP contribution is -2.38. The topological polar surface area (TPSA) is 32.3 Å². The van der Waals surface area contributed by atoms with Crippen LogP contribution in [0, 0.1) is 0 Å². The van der Waals surface area contributed by atoms with E-state index in [0.717, 1.165) is 24.9 Å². The molecule has 0 aromatic heterocycles. The van der Waals surface area contributed by atoms with Crippen LogP contribution in [0.5, 0.6) is 0 Å². The molecule has 1 aliphatic carbocycles. The van der Waals surface area contributed by atoms with Crippen LogP contribution in [0.3, 0.4) is 0 Å². The predicted octanol–water partition coefficient (Wildman–Crippen LogP) is 3.89. The fourth-order valence-corrected chi connectivity index (χ4v) is 4.27. The summed E-state index contributed by atoms with van der Waals surface area (Å²) >= 11 is 0.